The van der Waals surface area contributed by atoms with Crippen LogP contribution >= 0.6 is 0 Å². The van der Waals surface area contributed by atoms with Gasteiger partial charge in [-0.05, 0) is 25.1 Å². The second-order valence-electron chi connectivity index (χ2n) is 4.26. The summed E-state index contributed by atoms with van der Waals surface area (Å²) in [6.07, 6.45) is 1.41. The van der Waals surface area contributed by atoms with Crippen molar-refractivity contribution < 1.29 is 19.8 Å². The molecule has 0 aliphatic heterocycles. The van der Waals surface area contributed by atoms with E-state index in [9.17, 15) is 14.7 Å². The molecule has 1 amide bonds. The largest absolute Gasteiger partial charge is 0.508 e. The molecule has 1 heterocycles. The lowest BCUT2D eigenvalue weighted by atomic mass is 10.1. The van der Waals surface area contributed by atoms with Gasteiger partial charge >= 0.3 is 5.97 Å². The summed E-state index contributed by atoms with van der Waals surface area (Å²) in [6.45, 7) is 1.73. The number of anilines is 1. The Morgan fingerprint density at radius 3 is 2.55 bits per heavy atom. The molecular weight excluding hydrogens is 262 g/mol. The lowest BCUT2D eigenvalue weighted by Crippen LogP contribution is -2.15. The molecule has 0 saturated carbocycles. The number of carbonyl (C=O) groups is 2. The van der Waals surface area contributed by atoms with Gasteiger partial charge in [-0.2, -0.15) is 5.10 Å². The number of aromatic hydroxyl groups is 1. The number of phenols is 1. The number of phenolic OH excluding ortho intramolecular Hbond substituents is 1. The molecule has 0 bridgehead atoms. The number of nitrogens with one attached hydrogen (secondary N) is 1. The average Bonchev–Trinajstić information content (AvgIpc) is 2.72. The summed E-state index contributed by atoms with van der Waals surface area (Å²) >= 11 is 0. The van der Waals surface area contributed by atoms with Crippen molar-refractivity contribution in [2.75, 3.05) is 5.32 Å². The molecule has 0 aliphatic carbocycles. The minimum absolute atomic E-state index is 0.114. The first kappa shape index (κ1) is 13.6. The summed E-state index contributed by atoms with van der Waals surface area (Å²) < 4.78 is 1.55. The van der Waals surface area contributed by atoms with Gasteiger partial charge in [0.2, 0.25) is 0 Å². The fraction of sp³-hybridized carbons (Fsp3) is 0.154. The number of hydrogen-bond donors (Lipinski definition) is 3. The number of benzene rings is 1. The lowest BCUT2D eigenvalue weighted by Gasteiger charge is -2.08. The Morgan fingerprint density at radius 2 is 2.00 bits per heavy atom. The Hall–Kier alpha value is -2.83. The minimum Gasteiger partial charge on any atom is -0.508 e. The predicted octanol–water partition coefficient (Wildman–Crippen LogP) is 1.38. The first-order valence-corrected chi connectivity index (χ1v) is 5.76. The van der Waals surface area contributed by atoms with Crippen LogP contribution < -0.4 is 5.32 Å². The van der Waals surface area contributed by atoms with Crippen molar-refractivity contribution in [2.24, 2.45) is 7.05 Å². The van der Waals surface area contributed by atoms with E-state index in [1.807, 2.05) is 0 Å². The van der Waals surface area contributed by atoms with Gasteiger partial charge in [0.05, 0.1) is 23.0 Å². The number of rotatable bonds is 3. The topological polar surface area (TPSA) is 104 Å². The standard InChI is InChI=1S/C13H13N3O4/c1-7-10(6-14-16(7)2)12(18)15-11-4-3-8(17)5-9(11)13(19)20/h3-6,17H,1-2H3,(H,15,18)(H,19,20). The summed E-state index contributed by atoms with van der Waals surface area (Å²) in [4.78, 5) is 23.2. The van der Waals surface area contributed by atoms with Gasteiger partial charge in [0.1, 0.15) is 5.75 Å². The van der Waals surface area contributed by atoms with Crippen LogP contribution in [-0.4, -0.2) is 31.9 Å². The van der Waals surface area contributed by atoms with Gasteiger partial charge in [-0.3, -0.25) is 9.48 Å². The van der Waals surface area contributed by atoms with Crippen LogP contribution in [0.3, 0.4) is 0 Å². The summed E-state index contributed by atoms with van der Waals surface area (Å²) in [6, 6.07) is 3.72. The SMILES string of the molecule is Cc1c(C(=O)Nc2ccc(O)cc2C(=O)O)cnn1C. The van der Waals surface area contributed by atoms with E-state index in [0.29, 0.717) is 11.3 Å². The molecule has 0 unspecified atom stereocenters. The maximum atomic E-state index is 12.1. The summed E-state index contributed by atoms with van der Waals surface area (Å²) in [5, 5.41) is 24.8. The van der Waals surface area contributed by atoms with Gasteiger partial charge in [-0.1, -0.05) is 0 Å². The number of carbonyl (C=O) groups excluding carboxylic acids is 1. The maximum absolute atomic E-state index is 12.1. The molecule has 0 saturated heterocycles. The second kappa shape index (κ2) is 5.04. The first-order chi connectivity index (χ1) is 9.40. The van der Waals surface area contributed by atoms with E-state index in [1.54, 1.807) is 18.7 Å². The molecule has 104 valence electrons. The number of carboxylic acid groups (broad SMARTS) is 1. The van der Waals surface area contributed by atoms with Crippen molar-refractivity contribution in [3.05, 3.63) is 41.2 Å². The van der Waals surface area contributed by atoms with Gasteiger partial charge in [0.25, 0.3) is 5.91 Å². The highest BCUT2D eigenvalue weighted by Gasteiger charge is 2.17. The third kappa shape index (κ3) is 2.46. The van der Waals surface area contributed by atoms with E-state index in [0.717, 1.165) is 6.07 Å². The zero-order valence-electron chi connectivity index (χ0n) is 10.9. The summed E-state index contributed by atoms with van der Waals surface area (Å²) in [5.41, 5.74) is 0.957. The van der Waals surface area contributed by atoms with Gasteiger partial charge < -0.3 is 15.5 Å². The number of hydrogen-bond acceptors (Lipinski definition) is 4. The minimum atomic E-state index is -1.24. The highest BCUT2D eigenvalue weighted by molar-refractivity contribution is 6.08. The van der Waals surface area contributed by atoms with Crippen molar-refractivity contribution in [2.45, 2.75) is 6.92 Å². The Morgan fingerprint density at radius 1 is 1.30 bits per heavy atom. The van der Waals surface area contributed by atoms with Crippen LogP contribution in [0, 0.1) is 6.92 Å². The van der Waals surface area contributed by atoms with Crippen LogP contribution in [0.25, 0.3) is 0 Å². The fourth-order valence-electron chi connectivity index (χ4n) is 1.73. The van der Waals surface area contributed by atoms with E-state index in [1.165, 1.54) is 18.3 Å². The van der Waals surface area contributed by atoms with Gasteiger partial charge in [-0.25, -0.2) is 4.79 Å². The molecule has 2 rings (SSSR count). The Labute approximate surface area is 114 Å². The molecule has 1 aromatic carbocycles. The highest BCUT2D eigenvalue weighted by Crippen LogP contribution is 2.22. The number of amides is 1. The second-order valence-corrected chi connectivity index (χ2v) is 4.26. The molecule has 7 nitrogen and oxygen atoms in total. The average molecular weight is 275 g/mol. The molecular formula is C13H13N3O4. The maximum Gasteiger partial charge on any atom is 0.337 e. The third-order valence-corrected chi connectivity index (χ3v) is 2.96. The summed E-state index contributed by atoms with van der Waals surface area (Å²) in [7, 11) is 1.70. The van der Waals surface area contributed by atoms with Crippen molar-refractivity contribution in [3.8, 4) is 5.75 Å². The monoisotopic (exact) mass is 275 g/mol. The van der Waals surface area contributed by atoms with Crippen LogP contribution in [0.1, 0.15) is 26.4 Å². The normalized spacial score (nSPS) is 10.3. The number of aryl methyl sites for hydroxylation is 1. The van der Waals surface area contributed by atoms with Crippen molar-refractivity contribution in [1.29, 1.82) is 0 Å². The number of aromatic nitrogens is 2. The number of carboxylic acids is 1. The van der Waals surface area contributed by atoms with Crippen molar-refractivity contribution in [3.63, 3.8) is 0 Å². The van der Waals surface area contributed by atoms with Crippen LogP contribution in [0.5, 0.6) is 5.75 Å². The predicted molar refractivity (Wildman–Crippen MR) is 71.0 cm³/mol. The third-order valence-electron chi connectivity index (χ3n) is 2.96. The number of nitrogens with zero attached hydrogens (tertiary/aromatic N) is 2. The molecule has 0 spiro atoms. The zero-order chi connectivity index (χ0) is 14.9. The quantitative estimate of drug-likeness (QED) is 0.734. The Bertz CT molecular complexity index is 691. The number of aromatic carboxylic acids is 1. The smallest absolute Gasteiger partial charge is 0.337 e. The van der Waals surface area contributed by atoms with E-state index in [-0.39, 0.29) is 17.0 Å². The lowest BCUT2D eigenvalue weighted by molar-refractivity contribution is 0.0697. The highest BCUT2D eigenvalue weighted by atomic mass is 16.4. The van der Waals surface area contributed by atoms with Crippen LogP contribution in [0.2, 0.25) is 0 Å². The Balaban J connectivity index is 2.33. The van der Waals surface area contributed by atoms with Gasteiger partial charge in [-0.15, -0.1) is 0 Å². The van der Waals surface area contributed by atoms with E-state index in [4.69, 9.17) is 5.11 Å². The van der Waals surface area contributed by atoms with Crippen LogP contribution in [0.15, 0.2) is 24.4 Å². The molecule has 3 N–H and O–H groups in total. The van der Waals surface area contributed by atoms with Gasteiger partial charge in [0, 0.05) is 12.7 Å². The van der Waals surface area contributed by atoms with E-state index < -0.39 is 11.9 Å². The van der Waals surface area contributed by atoms with Crippen molar-refractivity contribution in [1.82, 2.24) is 9.78 Å². The molecule has 0 fully saturated rings. The first-order valence-electron chi connectivity index (χ1n) is 5.76. The zero-order valence-corrected chi connectivity index (χ0v) is 10.9. The summed E-state index contributed by atoms with van der Waals surface area (Å²) in [5.74, 6) is -1.87. The van der Waals surface area contributed by atoms with Crippen LogP contribution in [-0.2, 0) is 7.05 Å². The molecule has 2 aromatic rings. The molecule has 1 aromatic heterocycles. The van der Waals surface area contributed by atoms with Gasteiger partial charge in [0.15, 0.2) is 0 Å². The molecule has 0 radical (unpaired) electrons. The van der Waals surface area contributed by atoms with E-state index in [2.05, 4.69) is 10.4 Å². The van der Waals surface area contributed by atoms with Crippen molar-refractivity contribution >= 4 is 17.6 Å². The Kier molecular flexibility index (Phi) is 3.43. The fourth-order valence-corrected chi connectivity index (χ4v) is 1.73. The molecule has 7 heteroatoms. The molecule has 20 heavy (non-hydrogen) atoms. The van der Waals surface area contributed by atoms with Crippen LogP contribution in [0.4, 0.5) is 5.69 Å². The van der Waals surface area contributed by atoms with E-state index >= 15 is 0 Å². The molecule has 0 atom stereocenters. The molecule has 0 aliphatic rings.